The highest BCUT2D eigenvalue weighted by Gasteiger charge is 2.42. The van der Waals surface area contributed by atoms with Crippen LogP contribution in [0.25, 0.3) is 0 Å². The molecule has 2 unspecified atom stereocenters. The van der Waals surface area contributed by atoms with Crippen molar-refractivity contribution < 1.29 is 38.7 Å². The van der Waals surface area contributed by atoms with Gasteiger partial charge in [0.1, 0.15) is 6.04 Å². The van der Waals surface area contributed by atoms with Crippen LogP contribution in [0.3, 0.4) is 0 Å². The zero-order valence-corrected chi connectivity index (χ0v) is 35.2. The van der Waals surface area contributed by atoms with Gasteiger partial charge in [0.25, 0.3) is 5.91 Å². The molecule has 6 amide bonds. The average Bonchev–Trinajstić information content (AvgIpc) is 3.78. The number of fused-ring (bicyclic) bond motifs is 1. The predicted octanol–water partition coefficient (Wildman–Crippen LogP) is 4.68. The smallest absolute Gasteiger partial charge is 0.315 e. The van der Waals surface area contributed by atoms with Crippen LogP contribution < -0.4 is 31.9 Å². The highest BCUT2D eigenvalue weighted by Crippen LogP contribution is 2.33. The van der Waals surface area contributed by atoms with Gasteiger partial charge in [-0.3, -0.25) is 28.8 Å². The van der Waals surface area contributed by atoms with Gasteiger partial charge < -0.3 is 37.0 Å². The molecule has 0 radical (unpaired) electrons. The molecule has 316 valence electrons. The van der Waals surface area contributed by atoms with E-state index in [9.17, 15) is 33.6 Å². The lowest BCUT2D eigenvalue weighted by Crippen LogP contribution is -2.47. The number of urea groups is 1. The molecule has 2 saturated heterocycles. The van der Waals surface area contributed by atoms with Crippen LogP contribution in [0, 0.1) is 0 Å². The Labute approximate surface area is 352 Å². The second-order valence-corrected chi connectivity index (χ2v) is 18.2. The van der Waals surface area contributed by atoms with E-state index in [1.165, 1.54) is 21.6 Å². The molecule has 58 heavy (non-hydrogen) atoms. The number of thioether (sulfide) groups is 1. The molecule has 0 bridgehead atoms. The summed E-state index contributed by atoms with van der Waals surface area (Å²) in [4.78, 5) is 86.1. The van der Waals surface area contributed by atoms with E-state index in [1.807, 2.05) is 17.8 Å². The Morgan fingerprint density at radius 2 is 1.34 bits per heavy atom. The first-order valence-electron chi connectivity index (χ1n) is 20.1. The molecule has 0 aliphatic carbocycles. The summed E-state index contributed by atoms with van der Waals surface area (Å²) < 4.78 is 0. The summed E-state index contributed by atoms with van der Waals surface area (Å²) >= 11 is 1.88. The molecular formula is C41H56N6O8S3. The van der Waals surface area contributed by atoms with Crippen molar-refractivity contribution in [3.05, 3.63) is 71.3 Å². The Balaban J connectivity index is 1.08. The van der Waals surface area contributed by atoms with Crippen molar-refractivity contribution in [3.63, 3.8) is 0 Å². The maximum atomic E-state index is 13.2. The maximum Gasteiger partial charge on any atom is 0.315 e. The quantitative estimate of drug-likeness (QED) is 0.0270. The van der Waals surface area contributed by atoms with Gasteiger partial charge in [0.15, 0.2) is 5.78 Å². The number of aliphatic carboxylic acids is 1. The maximum absolute atomic E-state index is 13.2. The first kappa shape index (κ1) is 46.5. The van der Waals surface area contributed by atoms with Gasteiger partial charge in [0.05, 0.1) is 18.5 Å². The van der Waals surface area contributed by atoms with E-state index in [0.717, 1.165) is 37.9 Å². The van der Waals surface area contributed by atoms with E-state index in [2.05, 4.69) is 31.9 Å². The van der Waals surface area contributed by atoms with Gasteiger partial charge in [0, 0.05) is 71.7 Å². The van der Waals surface area contributed by atoms with Gasteiger partial charge in [-0.1, -0.05) is 76.9 Å². The Morgan fingerprint density at radius 1 is 0.707 bits per heavy atom. The minimum absolute atomic E-state index is 0.0405. The molecule has 2 fully saturated rings. The third-order valence-electron chi connectivity index (χ3n) is 9.76. The Bertz CT molecular complexity index is 1670. The molecule has 2 aromatic carbocycles. The first-order chi connectivity index (χ1) is 28.1. The number of carboxylic acid groups (broad SMARTS) is 1. The fraction of sp³-hybridized carbons (Fsp3) is 0.537. The molecule has 17 heteroatoms. The summed E-state index contributed by atoms with van der Waals surface area (Å²) in [5, 5.41) is 26.7. The number of benzene rings is 2. The normalized spacial score (nSPS) is 17.3. The van der Waals surface area contributed by atoms with Crippen LogP contribution in [0.15, 0.2) is 54.6 Å². The van der Waals surface area contributed by atoms with E-state index >= 15 is 0 Å². The minimum atomic E-state index is -0.859. The number of carbonyl (C=O) groups is 7. The van der Waals surface area contributed by atoms with Crippen molar-refractivity contribution in [2.45, 2.75) is 100 Å². The Hall–Kier alpha value is -4.22. The van der Waals surface area contributed by atoms with Crippen LogP contribution in [0.1, 0.15) is 103 Å². The number of nitrogens with one attached hydrogen (secondary N) is 6. The lowest BCUT2D eigenvalue weighted by molar-refractivity contribution is -0.136. The molecule has 7 N–H and O–H groups in total. The van der Waals surface area contributed by atoms with E-state index < -0.39 is 17.9 Å². The zero-order valence-electron chi connectivity index (χ0n) is 32.8. The molecule has 4 atom stereocenters. The summed E-state index contributed by atoms with van der Waals surface area (Å²) in [6, 6.07) is 14.6. The largest absolute Gasteiger partial charge is 0.481 e. The summed E-state index contributed by atoms with van der Waals surface area (Å²) in [7, 11) is 2.89. The molecule has 2 aliphatic heterocycles. The predicted molar refractivity (Wildman–Crippen MR) is 230 cm³/mol. The Kier molecular flexibility index (Phi) is 20.8. The van der Waals surface area contributed by atoms with Gasteiger partial charge in [-0.05, 0) is 57.1 Å². The second kappa shape index (κ2) is 26.0. The molecule has 0 aromatic heterocycles. The van der Waals surface area contributed by atoms with Gasteiger partial charge in [0.2, 0.25) is 17.7 Å². The van der Waals surface area contributed by atoms with Crippen LogP contribution in [0.4, 0.5) is 4.79 Å². The summed E-state index contributed by atoms with van der Waals surface area (Å²) in [5.74, 6) is 0.145. The van der Waals surface area contributed by atoms with Gasteiger partial charge in [-0.2, -0.15) is 11.8 Å². The fourth-order valence-electron chi connectivity index (χ4n) is 6.59. The molecule has 4 rings (SSSR count). The zero-order chi connectivity index (χ0) is 41.5. The second-order valence-electron chi connectivity index (χ2n) is 14.3. The average molecular weight is 857 g/mol. The number of unbranched alkanes of at least 4 members (excludes halogenated alkanes) is 4. The highest BCUT2D eigenvalue weighted by molar-refractivity contribution is 8.76. The molecule has 14 nitrogen and oxygen atoms in total. The highest BCUT2D eigenvalue weighted by atomic mass is 33.1. The Morgan fingerprint density at radius 3 is 2.05 bits per heavy atom. The van der Waals surface area contributed by atoms with E-state index in [0.29, 0.717) is 91.6 Å². The fourth-order valence-corrected chi connectivity index (χ4v) is 10.0. The number of carboxylic acids is 1. The third-order valence-corrected chi connectivity index (χ3v) is 13.7. The monoisotopic (exact) mass is 856 g/mol. The van der Waals surface area contributed by atoms with Crippen LogP contribution in [-0.2, 0) is 19.2 Å². The van der Waals surface area contributed by atoms with Crippen molar-refractivity contribution in [1.29, 1.82) is 0 Å². The topological polar surface area (TPSA) is 212 Å². The van der Waals surface area contributed by atoms with Crippen LogP contribution in [0.2, 0.25) is 0 Å². The van der Waals surface area contributed by atoms with E-state index in [-0.39, 0.29) is 48.0 Å². The van der Waals surface area contributed by atoms with Crippen molar-refractivity contribution in [2.75, 3.05) is 36.9 Å². The van der Waals surface area contributed by atoms with Crippen molar-refractivity contribution in [2.24, 2.45) is 0 Å². The number of ketones is 1. The number of carbonyl (C=O) groups excluding carboxylic acids is 6. The van der Waals surface area contributed by atoms with Gasteiger partial charge in [-0.25, -0.2) is 4.79 Å². The van der Waals surface area contributed by atoms with Crippen LogP contribution in [-0.4, -0.2) is 107 Å². The molecule has 0 spiro atoms. The SMILES string of the molecule is O=C(O)CCSSCCNC(=O)[C@H](CCCCNC(=O)CCCCCNC(=O)CCCC[C@@H]1SCC2NC(=O)NC21)NC(=O)c1ccc(C(=O)c2ccccc2)cc1. The summed E-state index contributed by atoms with van der Waals surface area (Å²) in [6.45, 7) is 1.36. The van der Waals surface area contributed by atoms with Crippen molar-refractivity contribution in [1.82, 2.24) is 31.9 Å². The van der Waals surface area contributed by atoms with Crippen molar-refractivity contribution in [3.8, 4) is 0 Å². The third kappa shape index (κ3) is 16.9. The van der Waals surface area contributed by atoms with Crippen LogP contribution >= 0.6 is 33.3 Å². The van der Waals surface area contributed by atoms with Crippen molar-refractivity contribution >= 4 is 74.8 Å². The van der Waals surface area contributed by atoms with E-state index in [4.69, 9.17) is 5.11 Å². The lowest BCUT2D eigenvalue weighted by Gasteiger charge is -2.19. The van der Waals surface area contributed by atoms with E-state index in [1.54, 1.807) is 48.5 Å². The molecule has 0 saturated carbocycles. The summed E-state index contributed by atoms with van der Waals surface area (Å²) in [5.41, 5.74) is 1.29. The van der Waals surface area contributed by atoms with Crippen LogP contribution in [0.5, 0.6) is 0 Å². The summed E-state index contributed by atoms with van der Waals surface area (Å²) in [6.07, 6.45) is 7.52. The number of hydrogen-bond acceptors (Lipinski definition) is 10. The molecular weight excluding hydrogens is 801 g/mol. The number of rotatable bonds is 28. The number of amides is 6. The standard InChI is InChI=1S/C41H56N6O8S3/c48-34(15-5-2-9-22-42-35(49)16-7-6-14-33-37-32(27-56-33)46-41(55)47-37)43-23-10-8-13-31(40(54)44-24-26-58-57-25-21-36(50)51)45-39(53)30-19-17-29(18-20-30)38(52)28-11-3-1-4-12-28/h1,3-4,11-12,17-20,31-33,37H,2,5-10,13-16,21-27H2,(H,42,49)(H,43,48)(H,44,54)(H,45,53)(H,50,51)(H2,46,47,55)/t31-,32?,33-,37?/m0/s1. The molecule has 2 aromatic rings. The number of hydrogen-bond donors (Lipinski definition) is 7. The lowest BCUT2D eigenvalue weighted by atomic mass is 10.0. The molecule has 2 heterocycles. The van der Waals surface area contributed by atoms with Gasteiger partial charge in [-0.15, -0.1) is 0 Å². The molecule has 2 aliphatic rings. The minimum Gasteiger partial charge on any atom is -0.481 e. The van der Waals surface area contributed by atoms with Gasteiger partial charge >= 0.3 is 12.0 Å². The first-order valence-corrected chi connectivity index (χ1v) is 23.6.